The van der Waals surface area contributed by atoms with E-state index >= 15 is 0 Å². The van der Waals surface area contributed by atoms with E-state index in [0.29, 0.717) is 23.5 Å². The average Bonchev–Trinajstić information content (AvgIpc) is 2.90. The van der Waals surface area contributed by atoms with Crippen LogP contribution in [0.5, 0.6) is 0 Å². The third-order valence-electron chi connectivity index (χ3n) is 2.85. The number of nitrogens with zero attached hydrogens (tertiary/aromatic N) is 3. The van der Waals surface area contributed by atoms with Gasteiger partial charge in [0, 0.05) is 6.54 Å². The predicted molar refractivity (Wildman–Crippen MR) is 78.2 cm³/mol. The van der Waals surface area contributed by atoms with Gasteiger partial charge in [0.2, 0.25) is 5.95 Å². The Balaban J connectivity index is 2.17. The van der Waals surface area contributed by atoms with Crippen LogP contribution in [0, 0.1) is 0 Å². The zero-order valence-corrected chi connectivity index (χ0v) is 10.7. The van der Waals surface area contributed by atoms with Crippen LogP contribution in [0.4, 0.5) is 5.95 Å². The Bertz CT molecular complexity index is 803. The normalized spacial score (nSPS) is 10.6. The number of H-pyrrole nitrogens is 1. The number of fused-ring (bicyclic) bond motifs is 1. The standard InChI is InChI=1S/C14H13N5O/c1-2-8-15-14-17-12-11(13(20)18-14)9-16-19(12)10-6-4-3-5-7-10/h2-7,9H,1,8H2,(H2,15,17,18,20). The molecular weight excluding hydrogens is 254 g/mol. The van der Waals surface area contributed by atoms with Gasteiger partial charge >= 0.3 is 0 Å². The number of aromatic amines is 1. The fourth-order valence-electron chi connectivity index (χ4n) is 1.93. The first-order chi connectivity index (χ1) is 9.79. The van der Waals surface area contributed by atoms with Gasteiger partial charge in [0.05, 0.1) is 11.9 Å². The van der Waals surface area contributed by atoms with Gasteiger partial charge in [-0.25, -0.2) is 4.68 Å². The molecule has 0 fully saturated rings. The van der Waals surface area contributed by atoms with Crippen LogP contribution >= 0.6 is 0 Å². The first-order valence-electron chi connectivity index (χ1n) is 6.18. The Morgan fingerprint density at radius 2 is 2.15 bits per heavy atom. The highest BCUT2D eigenvalue weighted by Crippen LogP contribution is 2.14. The lowest BCUT2D eigenvalue weighted by Crippen LogP contribution is -2.13. The molecule has 0 amide bonds. The van der Waals surface area contributed by atoms with E-state index in [2.05, 4.69) is 27.0 Å². The third-order valence-corrected chi connectivity index (χ3v) is 2.85. The summed E-state index contributed by atoms with van der Waals surface area (Å²) in [5, 5.41) is 7.66. The lowest BCUT2D eigenvalue weighted by atomic mass is 10.3. The summed E-state index contributed by atoms with van der Waals surface area (Å²) in [4.78, 5) is 19.1. The largest absolute Gasteiger partial charge is 0.352 e. The van der Waals surface area contributed by atoms with Crippen LogP contribution in [0.25, 0.3) is 16.7 Å². The molecule has 0 aliphatic heterocycles. The average molecular weight is 267 g/mol. The third kappa shape index (κ3) is 2.07. The van der Waals surface area contributed by atoms with Crippen LogP contribution in [0.15, 0.2) is 54.0 Å². The van der Waals surface area contributed by atoms with Gasteiger partial charge in [-0.2, -0.15) is 10.1 Å². The van der Waals surface area contributed by atoms with Crippen molar-refractivity contribution in [3.63, 3.8) is 0 Å². The minimum atomic E-state index is -0.219. The number of hydrogen-bond acceptors (Lipinski definition) is 4. The van der Waals surface area contributed by atoms with Crippen molar-refractivity contribution in [2.45, 2.75) is 0 Å². The molecule has 20 heavy (non-hydrogen) atoms. The van der Waals surface area contributed by atoms with Gasteiger partial charge in [0.25, 0.3) is 5.56 Å². The first kappa shape index (κ1) is 12.2. The molecule has 0 aliphatic carbocycles. The SMILES string of the molecule is C=CCNc1nc2c(cnn2-c2ccccc2)c(=O)[nH]1. The predicted octanol–water partition coefficient (Wildman–Crippen LogP) is 1.71. The smallest absolute Gasteiger partial charge is 0.263 e. The number of anilines is 1. The number of aromatic nitrogens is 4. The molecule has 6 heteroatoms. The monoisotopic (exact) mass is 267 g/mol. The Hall–Kier alpha value is -2.89. The Kier molecular flexibility index (Phi) is 3.04. The highest BCUT2D eigenvalue weighted by Gasteiger charge is 2.10. The van der Waals surface area contributed by atoms with Crippen molar-refractivity contribution in [3.8, 4) is 5.69 Å². The Morgan fingerprint density at radius 3 is 2.90 bits per heavy atom. The molecule has 3 rings (SSSR count). The second-order valence-electron chi connectivity index (χ2n) is 4.21. The number of nitrogens with one attached hydrogen (secondary N) is 2. The summed E-state index contributed by atoms with van der Waals surface area (Å²) in [5.74, 6) is 0.403. The number of rotatable bonds is 4. The van der Waals surface area contributed by atoms with E-state index < -0.39 is 0 Å². The minimum absolute atomic E-state index is 0.219. The maximum atomic E-state index is 12.0. The molecule has 0 bridgehead atoms. The molecule has 100 valence electrons. The van der Waals surface area contributed by atoms with E-state index in [-0.39, 0.29) is 5.56 Å². The molecule has 0 spiro atoms. The summed E-state index contributed by atoms with van der Waals surface area (Å²) >= 11 is 0. The van der Waals surface area contributed by atoms with Gasteiger partial charge in [-0.05, 0) is 12.1 Å². The molecule has 0 aliphatic rings. The molecule has 0 atom stereocenters. The lowest BCUT2D eigenvalue weighted by Gasteiger charge is -2.05. The van der Waals surface area contributed by atoms with Crippen molar-refractivity contribution >= 4 is 17.0 Å². The molecular formula is C14H13N5O. The lowest BCUT2D eigenvalue weighted by molar-refractivity contribution is 0.895. The molecule has 2 heterocycles. The van der Waals surface area contributed by atoms with E-state index in [1.807, 2.05) is 30.3 Å². The number of para-hydroxylation sites is 1. The summed E-state index contributed by atoms with van der Waals surface area (Å²) in [7, 11) is 0. The first-order valence-corrected chi connectivity index (χ1v) is 6.18. The maximum absolute atomic E-state index is 12.0. The minimum Gasteiger partial charge on any atom is -0.352 e. The highest BCUT2D eigenvalue weighted by atomic mass is 16.1. The van der Waals surface area contributed by atoms with Crippen LogP contribution in [-0.4, -0.2) is 26.3 Å². The van der Waals surface area contributed by atoms with Gasteiger partial charge in [-0.1, -0.05) is 24.3 Å². The molecule has 0 saturated carbocycles. The topological polar surface area (TPSA) is 75.6 Å². The van der Waals surface area contributed by atoms with Gasteiger partial charge < -0.3 is 5.32 Å². The van der Waals surface area contributed by atoms with Crippen molar-refractivity contribution < 1.29 is 0 Å². The zero-order chi connectivity index (χ0) is 13.9. The van der Waals surface area contributed by atoms with E-state index in [4.69, 9.17) is 0 Å². The van der Waals surface area contributed by atoms with E-state index in [1.165, 1.54) is 6.20 Å². The van der Waals surface area contributed by atoms with Crippen LogP contribution in [-0.2, 0) is 0 Å². The van der Waals surface area contributed by atoms with Crippen LogP contribution in [0.2, 0.25) is 0 Å². The summed E-state index contributed by atoms with van der Waals surface area (Å²) < 4.78 is 1.64. The number of hydrogen-bond donors (Lipinski definition) is 2. The van der Waals surface area contributed by atoms with Crippen molar-refractivity contribution in [3.05, 3.63) is 59.5 Å². The molecule has 0 unspecified atom stereocenters. The summed E-state index contributed by atoms with van der Waals surface area (Å²) in [6, 6.07) is 9.56. The van der Waals surface area contributed by atoms with E-state index in [1.54, 1.807) is 10.8 Å². The van der Waals surface area contributed by atoms with Gasteiger partial charge in [-0.3, -0.25) is 9.78 Å². The quantitative estimate of drug-likeness (QED) is 0.705. The number of benzene rings is 1. The summed E-state index contributed by atoms with van der Waals surface area (Å²) in [6.07, 6.45) is 3.21. The van der Waals surface area contributed by atoms with Crippen molar-refractivity contribution in [1.82, 2.24) is 19.7 Å². The molecule has 0 radical (unpaired) electrons. The highest BCUT2D eigenvalue weighted by molar-refractivity contribution is 5.76. The van der Waals surface area contributed by atoms with E-state index in [0.717, 1.165) is 5.69 Å². The molecule has 6 nitrogen and oxygen atoms in total. The van der Waals surface area contributed by atoms with Crippen molar-refractivity contribution in [1.29, 1.82) is 0 Å². The van der Waals surface area contributed by atoms with Crippen molar-refractivity contribution in [2.75, 3.05) is 11.9 Å². The van der Waals surface area contributed by atoms with Gasteiger partial charge in [0.15, 0.2) is 5.65 Å². The maximum Gasteiger partial charge on any atom is 0.263 e. The van der Waals surface area contributed by atoms with Crippen LogP contribution < -0.4 is 10.9 Å². The van der Waals surface area contributed by atoms with Crippen LogP contribution in [0.1, 0.15) is 0 Å². The molecule has 1 aromatic carbocycles. The van der Waals surface area contributed by atoms with Crippen LogP contribution in [0.3, 0.4) is 0 Å². The summed E-state index contributed by atoms with van der Waals surface area (Å²) in [5.41, 5.74) is 1.16. The van der Waals surface area contributed by atoms with Gasteiger partial charge in [-0.15, -0.1) is 6.58 Å². The van der Waals surface area contributed by atoms with Gasteiger partial charge in [0.1, 0.15) is 5.39 Å². The summed E-state index contributed by atoms with van der Waals surface area (Å²) in [6.45, 7) is 4.14. The Morgan fingerprint density at radius 1 is 1.35 bits per heavy atom. The second-order valence-corrected chi connectivity index (χ2v) is 4.21. The zero-order valence-electron chi connectivity index (χ0n) is 10.7. The molecule has 3 aromatic rings. The molecule has 0 saturated heterocycles. The molecule has 2 aromatic heterocycles. The Labute approximate surface area is 114 Å². The molecule has 2 N–H and O–H groups in total. The second kappa shape index (κ2) is 5.00. The van der Waals surface area contributed by atoms with E-state index in [9.17, 15) is 4.79 Å². The fraction of sp³-hybridized carbons (Fsp3) is 0.0714. The van der Waals surface area contributed by atoms with Crippen molar-refractivity contribution in [2.24, 2.45) is 0 Å². The fourth-order valence-corrected chi connectivity index (χ4v) is 1.93.